The summed E-state index contributed by atoms with van der Waals surface area (Å²) in [4.78, 5) is 0. The molecule has 0 aliphatic heterocycles. The number of halogens is 1. The van der Waals surface area contributed by atoms with Gasteiger partial charge in [-0.15, -0.1) is 5.10 Å². The van der Waals surface area contributed by atoms with Crippen LogP contribution in [0.4, 0.5) is 0 Å². The van der Waals surface area contributed by atoms with Crippen LogP contribution in [0, 0.1) is 0 Å². The summed E-state index contributed by atoms with van der Waals surface area (Å²) < 4.78 is 1.72. The Morgan fingerprint density at radius 3 is 2.94 bits per heavy atom. The van der Waals surface area contributed by atoms with E-state index in [2.05, 4.69) is 15.6 Å². The average Bonchev–Trinajstić information content (AvgIpc) is 2.79. The molecule has 0 atom stereocenters. The Labute approximate surface area is 106 Å². The summed E-state index contributed by atoms with van der Waals surface area (Å²) in [6.45, 7) is 0.985. The summed E-state index contributed by atoms with van der Waals surface area (Å²) in [6, 6.07) is 7.60. The Bertz CT molecular complexity index is 481. The van der Waals surface area contributed by atoms with Gasteiger partial charge in [0.15, 0.2) is 0 Å². The number of hydrogen-bond acceptors (Lipinski definition) is 3. The maximum atomic E-state index is 6.10. The first-order valence-corrected chi connectivity index (χ1v) is 6.00. The SMILES string of the molecule is CNCCCc1cn(-c2ccccc2Cl)nn1. The first-order chi connectivity index (χ1) is 8.31. The van der Waals surface area contributed by atoms with Gasteiger partial charge in [-0.2, -0.15) is 0 Å². The van der Waals surface area contributed by atoms with E-state index >= 15 is 0 Å². The molecule has 0 aliphatic rings. The first-order valence-electron chi connectivity index (χ1n) is 5.62. The van der Waals surface area contributed by atoms with Crippen molar-refractivity contribution in [2.45, 2.75) is 12.8 Å². The summed E-state index contributed by atoms with van der Waals surface area (Å²) >= 11 is 6.10. The van der Waals surface area contributed by atoms with Crippen LogP contribution >= 0.6 is 11.6 Å². The van der Waals surface area contributed by atoms with Crippen molar-refractivity contribution in [1.82, 2.24) is 20.3 Å². The predicted molar refractivity (Wildman–Crippen MR) is 68.6 cm³/mol. The van der Waals surface area contributed by atoms with Crippen LogP contribution in [0.5, 0.6) is 0 Å². The minimum absolute atomic E-state index is 0.680. The smallest absolute Gasteiger partial charge is 0.0849 e. The Morgan fingerprint density at radius 2 is 2.18 bits per heavy atom. The maximum absolute atomic E-state index is 6.10. The fourth-order valence-electron chi connectivity index (χ4n) is 1.61. The molecule has 1 N–H and O–H groups in total. The normalized spacial score (nSPS) is 10.7. The molecule has 2 aromatic rings. The molecule has 2 rings (SSSR count). The fraction of sp³-hybridized carbons (Fsp3) is 0.333. The van der Waals surface area contributed by atoms with Gasteiger partial charge in [-0.1, -0.05) is 28.9 Å². The number of para-hydroxylation sites is 1. The lowest BCUT2D eigenvalue weighted by Crippen LogP contribution is -2.08. The van der Waals surface area contributed by atoms with E-state index in [1.165, 1.54) is 0 Å². The predicted octanol–water partition coefficient (Wildman–Crippen LogP) is 2.07. The lowest BCUT2D eigenvalue weighted by Gasteiger charge is -2.01. The molecule has 0 amide bonds. The van der Waals surface area contributed by atoms with E-state index in [1.807, 2.05) is 37.5 Å². The molecule has 0 bridgehead atoms. The highest BCUT2D eigenvalue weighted by Crippen LogP contribution is 2.18. The third-order valence-electron chi connectivity index (χ3n) is 2.50. The van der Waals surface area contributed by atoms with Crippen molar-refractivity contribution in [1.29, 1.82) is 0 Å². The van der Waals surface area contributed by atoms with Gasteiger partial charge in [-0.05, 0) is 38.6 Å². The van der Waals surface area contributed by atoms with Crippen LogP contribution in [0.2, 0.25) is 5.02 Å². The molecule has 0 unspecified atom stereocenters. The van der Waals surface area contributed by atoms with Crippen molar-refractivity contribution in [2.75, 3.05) is 13.6 Å². The quantitative estimate of drug-likeness (QED) is 0.827. The lowest BCUT2D eigenvalue weighted by molar-refractivity contribution is 0.712. The number of benzene rings is 1. The zero-order valence-corrected chi connectivity index (χ0v) is 10.5. The van der Waals surface area contributed by atoms with Crippen LogP contribution in [0.15, 0.2) is 30.5 Å². The van der Waals surface area contributed by atoms with Crippen LogP contribution in [-0.2, 0) is 6.42 Å². The largest absolute Gasteiger partial charge is 0.320 e. The third-order valence-corrected chi connectivity index (χ3v) is 2.82. The number of nitrogens with zero attached hydrogens (tertiary/aromatic N) is 3. The number of rotatable bonds is 5. The number of aryl methyl sites for hydroxylation is 1. The highest BCUT2D eigenvalue weighted by molar-refractivity contribution is 6.32. The molecule has 0 radical (unpaired) electrons. The summed E-state index contributed by atoms with van der Waals surface area (Å²) in [7, 11) is 1.95. The minimum atomic E-state index is 0.680. The second kappa shape index (κ2) is 5.80. The Morgan fingerprint density at radius 1 is 1.35 bits per heavy atom. The van der Waals surface area contributed by atoms with Crippen LogP contribution in [0.25, 0.3) is 5.69 Å². The van der Waals surface area contributed by atoms with Crippen LogP contribution < -0.4 is 5.32 Å². The van der Waals surface area contributed by atoms with Gasteiger partial charge >= 0.3 is 0 Å². The molecule has 0 fully saturated rings. The molecule has 0 spiro atoms. The Balaban J connectivity index is 2.10. The highest BCUT2D eigenvalue weighted by Gasteiger charge is 2.05. The van der Waals surface area contributed by atoms with E-state index in [4.69, 9.17) is 11.6 Å². The van der Waals surface area contributed by atoms with Gasteiger partial charge in [0.05, 0.1) is 22.6 Å². The second-order valence-electron chi connectivity index (χ2n) is 3.81. The Hall–Kier alpha value is -1.39. The zero-order valence-electron chi connectivity index (χ0n) is 9.73. The van der Waals surface area contributed by atoms with Crippen LogP contribution in [-0.4, -0.2) is 28.6 Å². The molecular weight excluding hydrogens is 236 g/mol. The molecule has 1 aromatic heterocycles. The van der Waals surface area contributed by atoms with Gasteiger partial charge < -0.3 is 5.32 Å². The van der Waals surface area contributed by atoms with Crippen LogP contribution in [0.1, 0.15) is 12.1 Å². The summed E-state index contributed by atoms with van der Waals surface area (Å²) in [5, 5.41) is 12.0. The van der Waals surface area contributed by atoms with Crippen molar-refractivity contribution in [3.8, 4) is 5.69 Å². The van der Waals surface area contributed by atoms with Crippen LogP contribution in [0.3, 0.4) is 0 Å². The number of aromatic nitrogens is 3. The van der Waals surface area contributed by atoms with Gasteiger partial charge in [0.2, 0.25) is 0 Å². The molecule has 0 saturated carbocycles. The standard InChI is InChI=1S/C12H15ClN4/c1-14-8-4-5-10-9-17(16-15-10)12-7-3-2-6-11(12)13/h2-3,6-7,9,14H,4-5,8H2,1H3. The van der Waals surface area contributed by atoms with Crippen molar-refractivity contribution in [3.05, 3.63) is 41.2 Å². The van der Waals surface area contributed by atoms with Gasteiger partial charge in [0.1, 0.15) is 0 Å². The van der Waals surface area contributed by atoms with Crippen molar-refractivity contribution >= 4 is 11.6 Å². The lowest BCUT2D eigenvalue weighted by atomic mass is 10.2. The zero-order chi connectivity index (χ0) is 12.1. The molecular formula is C12H15ClN4. The van der Waals surface area contributed by atoms with Crippen molar-refractivity contribution in [3.63, 3.8) is 0 Å². The van der Waals surface area contributed by atoms with E-state index in [9.17, 15) is 0 Å². The van der Waals surface area contributed by atoms with Crippen molar-refractivity contribution < 1.29 is 0 Å². The molecule has 0 aliphatic carbocycles. The topological polar surface area (TPSA) is 42.7 Å². The fourth-order valence-corrected chi connectivity index (χ4v) is 1.84. The Kier molecular flexibility index (Phi) is 4.12. The highest BCUT2D eigenvalue weighted by atomic mass is 35.5. The average molecular weight is 251 g/mol. The molecule has 1 aromatic carbocycles. The molecule has 5 heteroatoms. The van der Waals surface area contributed by atoms with Gasteiger partial charge in [0, 0.05) is 0 Å². The molecule has 1 heterocycles. The van der Waals surface area contributed by atoms with E-state index in [1.54, 1.807) is 4.68 Å². The number of nitrogens with one attached hydrogen (secondary N) is 1. The van der Waals surface area contributed by atoms with E-state index in [0.717, 1.165) is 30.8 Å². The van der Waals surface area contributed by atoms with E-state index in [0.29, 0.717) is 5.02 Å². The second-order valence-corrected chi connectivity index (χ2v) is 4.22. The van der Waals surface area contributed by atoms with E-state index in [-0.39, 0.29) is 0 Å². The van der Waals surface area contributed by atoms with E-state index < -0.39 is 0 Å². The van der Waals surface area contributed by atoms with Gasteiger partial charge in [-0.3, -0.25) is 0 Å². The molecule has 90 valence electrons. The van der Waals surface area contributed by atoms with Gasteiger partial charge in [0.25, 0.3) is 0 Å². The monoisotopic (exact) mass is 250 g/mol. The molecule has 17 heavy (non-hydrogen) atoms. The molecule has 4 nitrogen and oxygen atoms in total. The summed E-state index contributed by atoms with van der Waals surface area (Å²) in [5.74, 6) is 0. The first kappa shape index (κ1) is 12.1. The minimum Gasteiger partial charge on any atom is -0.320 e. The summed E-state index contributed by atoms with van der Waals surface area (Å²) in [5.41, 5.74) is 1.85. The summed E-state index contributed by atoms with van der Waals surface area (Å²) in [6.07, 6.45) is 3.90. The van der Waals surface area contributed by atoms with Crippen molar-refractivity contribution in [2.24, 2.45) is 0 Å². The number of hydrogen-bond donors (Lipinski definition) is 1. The third kappa shape index (κ3) is 3.05. The molecule has 0 saturated heterocycles. The maximum Gasteiger partial charge on any atom is 0.0849 e. The van der Waals surface area contributed by atoms with Gasteiger partial charge in [-0.25, -0.2) is 4.68 Å².